The molecule has 0 heterocycles. The molecular weight excluding hydrogens is 359 g/mol. The number of alkyl halides is 1. The Balaban J connectivity index is 1.57. The number of hydrogen-bond acceptors (Lipinski definition) is 4. The third-order valence-electron chi connectivity index (χ3n) is 9.46. The number of fused-ring (bicyclic) bond motifs is 5. The summed E-state index contributed by atoms with van der Waals surface area (Å²) in [6.07, 6.45) is 5.85. The van der Waals surface area contributed by atoms with Gasteiger partial charge in [-0.05, 0) is 85.9 Å². The van der Waals surface area contributed by atoms with E-state index in [4.69, 9.17) is 4.74 Å². The molecule has 28 heavy (non-hydrogen) atoms. The summed E-state index contributed by atoms with van der Waals surface area (Å²) in [4.78, 5) is 23.7. The van der Waals surface area contributed by atoms with E-state index in [0.717, 1.165) is 38.5 Å². The van der Waals surface area contributed by atoms with Crippen molar-refractivity contribution in [2.24, 2.45) is 40.4 Å². The van der Waals surface area contributed by atoms with Gasteiger partial charge in [0.15, 0.2) is 5.78 Å². The predicted octanol–water partition coefficient (Wildman–Crippen LogP) is 4.09. The predicted molar refractivity (Wildman–Crippen MR) is 103 cm³/mol. The quantitative estimate of drug-likeness (QED) is 0.733. The monoisotopic (exact) mass is 394 g/mol. The molecule has 9 atom stereocenters. The molecule has 3 unspecified atom stereocenters. The summed E-state index contributed by atoms with van der Waals surface area (Å²) in [5.41, 5.74) is -0.127. The number of carbonyl (C=O) groups is 2. The number of Topliss-reactive ketones (excluding diaryl/α,β-unsaturated/α-hetero) is 1. The second-order valence-corrected chi connectivity index (χ2v) is 10.5. The molecule has 0 aliphatic heterocycles. The smallest absolute Gasteiger partial charge is 0.302 e. The topological polar surface area (TPSA) is 63.6 Å². The van der Waals surface area contributed by atoms with E-state index in [1.807, 2.05) is 0 Å². The molecule has 158 valence electrons. The number of ether oxygens (including phenoxy) is 1. The van der Waals surface area contributed by atoms with Crippen LogP contribution in [0.4, 0.5) is 4.39 Å². The van der Waals surface area contributed by atoms with Gasteiger partial charge in [0.05, 0.1) is 0 Å². The normalized spacial score (nSPS) is 50.2. The zero-order valence-corrected chi connectivity index (χ0v) is 17.5. The van der Waals surface area contributed by atoms with Gasteiger partial charge in [-0.3, -0.25) is 9.59 Å². The molecule has 5 heteroatoms. The Hall–Kier alpha value is -0.970. The fourth-order valence-corrected chi connectivity index (χ4v) is 8.19. The van der Waals surface area contributed by atoms with Gasteiger partial charge in [-0.1, -0.05) is 13.8 Å². The van der Waals surface area contributed by atoms with Crippen LogP contribution in [0, 0.1) is 40.4 Å². The van der Waals surface area contributed by atoms with E-state index in [0.29, 0.717) is 30.6 Å². The fourth-order valence-electron chi connectivity index (χ4n) is 8.19. The number of halogens is 1. The lowest BCUT2D eigenvalue weighted by Gasteiger charge is -2.61. The molecule has 0 spiro atoms. The highest BCUT2D eigenvalue weighted by Gasteiger charge is 2.63. The van der Waals surface area contributed by atoms with E-state index in [9.17, 15) is 14.7 Å². The number of ketones is 1. The van der Waals surface area contributed by atoms with E-state index in [1.165, 1.54) is 6.92 Å². The van der Waals surface area contributed by atoms with Crippen molar-refractivity contribution in [3.8, 4) is 0 Å². The zero-order valence-electron chi connectivity index (χ0n) is 17.5. The lowest BCUT2D eigenvalue weighted by atomic mass is 9.44. The Morgan fingerprint density at radius 1 is 1.00 bits per heavy atom. The van der Waals surface area contributed by atoms with Gasteiger partial charge in [0.2, 0.25) is 0 Å². The van der Waals surface area contributed by atoms with E-state index in [-0.39, 0.29) is 47.1 Å². The molecule has 4 saturated carbocycles. The summed E-state index contributed by atoms with van der Waals surface area (Å²) in [7, 11) is 0. The van der Waals surface area contributed by atoms with E-state index in [2.05, 4.69) is 13.8 Å². The fraction of sp³-hybridized carbons (Fsp3) is 0.913. The van der Waals surface area contributed by atoms with Crippen molar-refractivity contribution in [2.45, 2.75) is 84.4 Å². The first-order valence-corrected chi connectivity index (χ1v) is 11.2. The number of esters is 1. The molecule has 1 N–H and O–H groups in total. The molecule has 0 aromatic rings. The summed E-state index contributed by atoms with van der Waals surface area (Å²) in [6.45, 7) is 5.56. The first-order valence-electron chi connectivity index (χ1n) is 11.2. The third kappa shape index (κ3) is 2.95. The molecule has 0 aromatic heterocycles. The molecule has 0 radical (unpaired) electrons. The number of rotatable bonds is 3. The SMILES string of the molecule is CC(=O)OC1CC[C@@]2(C)C(C1)C(F)C[C@H]1[C@@H]3CC[C@H](C(=O)CO)[C@@]3(C)CC[C@@H]12. The lowest BCUT2D eigenvalue weighted by Crippen LogP contribution is -2.57. The number of aliphatic hydroxyl groups is 1. The van der Waals surface area contributed by atoms with Crippen LogP contribution in [-0.2, 0) is 14.3 Å². The third-order valence-corrected chi connectivity index (χ3v) is 9.46. The standard InChI is InChI=1S/C23H35FO4/c1-13(26)28-14-6-8-23(3)17-7-9-22(2)16(4-5-18(22)21(27)12-25)15(17)11-20(24)19(23)10-14/h14-20,25H,4-12H2,1-3H3/t14?,15-,16-,17-,18+,19?,20?,22-,23+/m0/s1. The maximum absolute atomic E-state index is 15.5. The van der Waals surface area contributed by atoms with E-state index in [1.54, 1.807) is 0 Å². The van der Waals surface area contributed by atoms with Gasteiger partial charge in [0, 0.05) is 12.8 Å². The molecule has 4 rings (SSSR count). The first-order chi connectivity index (χ1) is 13.2. The van der Waals surface area contributed by atoms with Gasteiger partial charge in [-0.25, -0.2) is 4.39 Å². The Morgan fingerprint density at radius 3 is 2.36 bits per heavy atom. The number of aliphatic hydroxyl groups excluding tert-OH is 1. The first kappa shape index (κ1) is 20.3. The summed E-state index contributed by atoms with van der Waals surface area (Å²) >= 11 is 0. The van der Waals surface area contributed by atoms with Crippen LogP contribution >= 0.6 is 0 Å². The van der Waals surface area contributed by atoms with Crippen molar-refractivity contribution in [1.29, 1.82) is 0 Å². The van der Waals surface area contributed by atoms with Gasteiger partial charge < -0.3 is 9.84 Å². The number of hydrogen-bond donors (Lipinski definition) is 1. The van der Waals surface area contributed by atoms with Crippen LogP contribution < -0.4 is 0 Å². The van der Waals surface area contributed by atoms with Crippen molar-refractivity contribution in [3.05, 3.63) is 0 Å². The lowest BCUT2D eigenvalue weighted by molar-refractivity contribution is -0.172. The number of carbonyl (C=O) groups excluding carboxylic acids is 2. The Morgan fingerprint density at radius 2 is 1.68 bits per heavy atom. The molecule has 0 aromatic carbocycles. The second-order valence-electron chi connectivity index (χ2n) is 10.5. The van der Waals surface area contributed by atoms with E-state index >= 15 is 4.39 Å². The molecule has 0 bridgehead atoms. The molecule has 4 aliphatic rings. The Bertz CT molecular complexity index is 651. The minimum atomic E-state index is -0.862. The summed E-state index contributed by atoms with van der Waals surface area (Å²) in [6, 6.07) is 0. The van der Waals surface area contributed by atoms with Crippen LogP contribution in [0.2, 0.25) is 0 Å². The van der Waals surface area contributed by atoms with Gasteiger partial charge in [0.25, 0.3) is 0 Å². The highest BCUT2D eigenvalue weighted by molar-refractivity contribution is 5.83. The summed E-state index contributed by atoms with van der Waals surface area (Å²) < 4.78 is 20.9. The van der Waals surface area contributed by atoms with Crippen molar-refractivity contribution in [3.63, 3.8) is 0 Å². The minimum absolute atomic E-state index is 0.0259. The summed E-state index contributed by atoms with van der Waals surface area (Å²) in [5.74, 6) is 0.813. The Kier molecular flexibility index (Phi) is 5.13. The van der Waals surface area contributed by atoms with Crippen LogP contribution in [-0.4, -0.2) is 35.7 Å². The highest BCUT2D eigenvalue weighted by atomic mass is 19.1. The van der Waals surface area contributed by atoms with E-state index < -0.39 is 6.17 Å². The largest absolute Gasteiger partial charge is 0.463 e. The van der Waals surface area contributed by atoms with Gasteiger partial charge >= 0.3 is 5.97 Å². The second kappa shape index (κ2) is 7.07. The van der Waals surface area contributed by atoms with Crippen molar-refractivity contribution < 1.29 is 23.8 Å². The summed E-state index contributed by atoms with van der Waals surface area (Å²) in [5, 5.41) is 9.41. The van der Waals surface area contributed by atoms with Crippen LogP contribution in [0.5, 0.6) is 0 Å². The molecule has 0 saturated heterocycles. The van der Waals surface area contributed by atoms with Gasteiger partial charge in [-0.15, -0.1) is 0 Å². The Labute approximate surface area is 167 Å². The maximum Gasteiger partial charge on any atom is 0.302 e. The molecule has 4 nitrogen and oxygen atoms in total. The van der Waals surface area contributed by atoms with Crippen LogP contribution in [0.15, 0.2) is 0 Å². The van der Waals surface area contributed by atoms with Crippen molar-refractivity contribution >= 4 is 11.8 Å². The maximum atomic E-state index is 15.5. The average Bonchev–Trinajstić information content (AvgIpc) is 2.99. The molecule has 4 fully saturated rings. The molecule has 4 aliphatic carbocycles. The van der Waals surface area contributed by atoms with Crippen molar-refractivity contribution in [1.82, 2.24) is 0 Å². The molecular formula is C23H35FO4. The van der Waals surface area contributed by atoms with Gasteiger partial charge in [-0.2, -0.15) is 0 Å². The highest BCUT2D eigenvalue weighted by Crippen LogP contribution is 2.67. The zero-order chi connectivity index (χ0) is 20.3. The average molecular weight is 395 g/mol. The van der Waals surface area contributed by atoms with Crippen LogP contribution in [0.25, 0.3) is 0 Å². The van der Waals surface area contributed by atoms with Crippen LogP contribution in [0.3, 0.4) is 0 Å². The van der Waals surface area contributed by atoms with Crippen LogP contribution in [0.1, 0.15) is 72.1 Å². The molecule has 0 amide bonds. The minimum Gasteiger partial charge on any atom is -0.463 e. The van der Waals surface area contributed by atoms with Crippen molar-refractivity contribution in [2.75, 3.05) is 6.61 Å². The van der Waals surface area contributed by atoms with Gasteiger partial charge in [0.1, 0.15) is 18.9 Å².